The zero-order chi connectivity index (χ0) is 15.0. The summed E-state index contributed by atoms with van der Waals surface area (Å²) in [5, 5.41) is 3.33. The van der Waals surface area contributed by atoms with Crippen LogP contribution in [-0.2, 0) is 4.74 Å². The lowest BCUT2D eigenvalue weighted by atomic mass is 10.2. The Morgan fingerprint density at radius 2 is 2.20 bits per heavy atom. The summed E-state index contributed by atoms with van der Waals surface area (Å²) in [6.45, 7) is 3.15. The molecule has 0 saturated carbocycles. The highest BCUT2D eigenvalue weighted by Gasteiger charge is 2.09. The second-order valence-corrected chi connectivity index (χ2v) is 5.85. The highest BCUT2D eigenvalue weighted by atomic mass is 79.9. The highest BCUT2D eigenvalue weighted by Crippen LogP contribution is 2.21. The summed E-state index contributed by atoms with van der Waals surface area (Å²) in [4.78, 5) is 14.1. The number of carbonyl (C=O) groups excluding carboxylic acids is 1. The molecule has 0 aliphatic heterocycles. The van der Waals surface area contributed by atoms with E-state index < -0.39 is 0 Å². The monoisotopic (exact) mass is 362 g/mol. The number of nitrogens with zero attached hydrogens (tertiary/aromatic N) is 1. The number of halogens is 2. The number of nitrogens with one attached hydrogen (secondary N) is 1. The van der Waals surface area contributed by atoms with E-state index in [2.05, 4.69) is 26.1 Å². The molecule has 0 atom stereocenters. The van der Waals surface area contributed by atoms with Crippen molar-refractivity contribution >= 4 is 33.4 Å². The molecule has 0 fully saturated rings. The Kier molecular flexibility index (Phi) is 8.14. The molecule has 0 bridgehead atoms. The maximum absolute atomic E-state index is 11.9. The Bertz CT molecular complexity index is 443. The molecule has 0 aliphatic rings. The van der Waals surface area contributed by atoms with Crippen molar-refractivity contribution in [2.45, 2.75) is 6.42 Å². The van der Waals surface area contributed by atoms with Gasteiger partial charge in [0.25, 0.3) is 5.91 Å². The van der Waals surface area contributed by atoms with Gasteiger partial charge < -0.3 is 15.0 Å². The SMILES string of the molecule is COCCN(C)CCCNC(=O)c1ccc(Br)cc1Cl. The van der Waals surface area contributed by atoms with Gasteiger partial charge >= 0.3 is 0 Å². The molecule has 0 aliphatic carbocycles. The van der Waals surface area contributed by atoms with Gasteiger partial charge in [0, 0.05) is 24.7 Å². The first-order valence-electron chi connectivity index (χ1n) is 6.45. The summed E-state index contributed by atoms with van der Waals surface area (Å²) in [5.74, 6) is -0.137. The third-order valence-electron chi connectivity index (χ3n) is 2.86. The lowest BCUT2D eigenvalue weighted by molar-refractivity contribution is 0.0951. The van der Waals surface area contributed by atoms with Gasteiger partial charge in [-0.15, -0.1) is 0 Å². The molecule has 0 radical (unpaired) electrons. The van der Waals surface area contributed by atoms with Crippen LogP contribution in [0.2, 0.25) is 5.02 Å². The molecule has 0 heterocycles. The summed E-state index contributed by atoms with van der Waals surface area (Å²) in [5.41, 5.74) is 0.502. The molecule has 1 aromatic rings. The van der Waals surface area contributed by atoms with Gasteiger partial charge in [-0.1, -0.05) is 27.5 Å². The molecule has 0 spiro atoms. The quantitative estimate of drug-likeness (QED) is 0.722. The normalized spacial score (nSPS) is 10.8. The predicted octanol–water partition coefficient (Wildman–Crippen LogP) is 2.80. The fourth-order valence-electron chi connectivity index (χ4n) is 1.68. The van der Waals surface area contributed by atoms with E-state index in [0.717, 1.165) is 30.6 Å². The molecule has 1 amide bonds. The second kappa shape index (κ2) is 9.34. The molecule has 0 unspecified atom stereocenters. The molecule has 112 valence electrons. The summed E-state index contributed by atoms with van der Waals surface area (Å²) < 4.78 is 5.87. The van der Waals surface area contributed by atoms with Crippen molar-refractivity contribution in [3.8, 4) is 0 Å². The van der Waals surface area contributed by atoms with Crippen molar-refractivity contribution in [3.05, 3.63) is 33.3 Å². The number of hydrogen-bond acceptors (Lipinski definition) is 3. The molecule has 1 aromatic carbocycles. The summed E-state index contributed by atoms with van der Waals surface area (Å²) >= 11 is 9.35. The van der Waals surface area contributed by atoms with Crippen LogP contribution in [0.3, 0.4) is 0 Å². The maximum atomic E-state index is 11.9. The number of likely N-dealkylation sites (N-methyl/N-ethyl adjacent to an activating group) is 1. The van der Waals surface area contributed by atoms with Crippen molar-refractivity contribution in [1.82, 2.24) is 10.2 Å². The number of carbonyl (C=O) groups is 1. The number of methoxy groups -OCH3 is 1. The summed E-state index contributed by atoms with van der Waals surface area (Å²) in [6.07, 6.45) is 0.889. The first kappa shape index (κ1) is 17.4. The lowest BCUT2D eigenvalue weighted by Crippen LogP contribution is -2.29. The van der Waals surface area contributed by atoms with Crippen LogP contribution in [0.4, 0.5) is 0 Å². The van der Waals surface area contributed by atoms with Gasteiger partial charge in [-0.05, 0) is 38.2 Å². The van der Waals surface area contributed by atoms with E-state index in [1.165, 1.54) is 0 Å². The predicted molar refractivity (Wildman–Crippen MR) is 85.5 cm³/mol. The Hall–Kier alpha value is -0.620. The third-order valence-corrected chi connectivity index (χ3v) is 3.66. The van der Waals surface area contributed by atoms with Crippen LogP contribution in [0.5, 0.6) is 0 Å². The van der Waals surface area contributed by atoms with Crippen molar-refractivity contribution in [1.29, 1.82) is 0 Å². The third kappa shape index (κ3) is 6.22. The molecule has 1 rings (SSSR count). The van der Waals surface area contributed by atoms with Crippen LogP contribution in [-0.4, -0.2) is 51.2 Å². The van der Waals surface area contributed by atoms with Crippen molar-refractivity contribution in [2.75, 3.05) is 40.4 Å². The van der Waals surface area contributed by atoms with E-state index in [1.807, 2.05) is 7.05 Å². The highest BCUT2D eigenvalue weighted by molar-refractivity contribution is 9.10. The molecule has 0 saturated heterocycles. The van der Waals surface area contributed by atoms with Crippen LogP contribution >= 0.6 is 27.5 Å². The van der Waals surface area contributed by atoms with Crippen LogP contribution in [0.1, 0.15) is 16.8 Å². The molecule has 4 nitrogen and oxygen atoms in total. The van der Waals surface area contributed by atoms with E-state index in [9.17, 15) is 4.79 Å². The number of ether oxygens (including phenoxy) is 1. The van der Waals surface area contributed by atoms with Crippen LogP contribution < -0.4 is 5.32 Å². The van der Waals surface area contributed by atoms with Crippen LogP contribution in [0, 0.1) is 0 Å². The topological polar surface area (TPSA) is 41.6 Å². The minimum absolute atomic E-state index is 0.137. The first-order valence-corrected chi connectivity index (χ1v) is 7.62. The number of hydrogen-bond donors (Lipinski definition) is 1. The van der Waals surface area contributed by atoms with Crippen molar-refractivity contribution < 1.29 is 9.53 Å². The zero-order valence-electron chi connectivity index (χ0n) is 11.8. The molecule has 20 heavy (non-hydrogen) atoms. The fourth-order valence-corrected chi connectivity index (χ4v) is 2.44. The Morgan fingerprint density at radius 3 is 2.85 bits per heavy atom. The van der Waals surface area contributed by atoms with E-state index in [0.29, 0.717) is 17.1 Å². The largest absolute Gasteiger partial charge is 0.383 e. The maximum Gasteiger partial charge on any atom is 0.252 e. The average molecular weight is 364 g/mol. The Balaban J connectivity index is 2.30. The van der Waals surface area contributed by atoms with Crippen LogP contribution in [0.15, 0.2) is 22.7 Å². The fraction of sp³-hybridized carbons (Fsp3) is 0.500. The number of rotatable bonds is 8. The smallest absolute Gasteiger partial charge is 0.252 e. The minimum Gasteiger partial charge on any atom is -0.383 e. The average Bonchev–Trinajstić information content (AvgIpc) is 2.41. The van der Waals surface area contributed by atoms with E-state index in [1.54, 1.807) is 25.3 Å². The molecular formula is C14H20BrClN2O2. The zero-order valence-corrected chi connectivity index (χ0v) is 14.1. The standard InChI is InChI=1S/C14H20BrClN2O2/c1-18(8-9-20-2)7-3-6-17-14(19)12-5-4-11(15)10-13(12)16/h4-5,10H,3,6-9H2,1-2H3,(H,17,19). The Morgan fingerprint density at radius 1 is 1.45 bits per heavy atom. The van der Waals surface area contributed by atoms with Gasteiger partial charge in [0.05, 0.1) is 17.2 Å². The summed E-state index contributed by atoms with van der Waals surface area (Å²) in [6, 6.07) is 5.24. The Labute approximate surface area is 133 Å². The van der Waals surface area contributed by atoms with E-state index >= 15 is 0 Å². The number of amides is 1. The number of benzene rings is 1. The lowest BCUT2D eigenvalue weighted by Gasteiger charge is -2.16. The van der Waals surface area contributed by atoms with Gasteiger partial charge in [-0.25, -0.2) is 0 Å². The molecule has 6 heteroatoms. The van der Waals surface area contributed by atoms with Crippen LogP contribution in [0.25, 0.3) is 0 Å². The van der Waals surface area contributed by atoms with Gasteiger partial charge in [0.1, 0.15) is 0 Å². The molecule has 0 aromatic heterocycles. The van der Waals surface area contributed by atoms with Crippen molar-refractivity contribution in [3.63, 3.8) is 0 Å². The second-order valence-electron chi connectivity index (χ2n) is 4.53. The van der Waals surface area contributed by atoms with E-state index in [4.69, 9.17) is 16.3 Å². The van der Waals surface area contributed by atoms with E-state index in [-0.39, 0.29) is 5.91 Å². The minimum atomic E-state index is -0.137. The van der Waals surface area contributed by atoms with Gasteiger partial charge in [0.2, 0.25) is 0 Å². The van der Waals surface area contributed by atoms with Crippen molar-refractivity contribution in [2.24, 2.45) is 0 Å². The van der Waals surface area contributed by atoms with Gasteiger partial charge in [-0.2, -0.15) is 0 Å². The molecule has 1 N–H and O–H groups in total. The summed E-state index contributed by atoms with van der Waals surface area (Å²) in [7, 11) is 3.72. The first-order chi connectivity index (χ1) is 9.54. The van der Waals surface area contributed by atoms with Gasteiger partial charge in [-0.3, -0.25) is 4.79 Å². The van der Waals surface area contributed by atoms with Gasteiger partial charge in [0.15, 0.2) is 0 Å². The molecular weight excluding hydrogens is 344 g/mol.